The van der Waals surface area contributed by atoms with Gasteiger partial charge in [0.25, 0.3) is 6.01 Å². The molecule has 4 nitrogen and oxygen atoms in total. The third kappa shape index (κ3) is 2.52. The minimum atomic E-state index is 0.392. The van der Waals surface area contributed by atoms with E-state index in [1.165, 1.54) is 0 Å². The van der Waals surface area contributed by atoms with E-state index in [9.17, 15) is 0 Å². The fraction of sp³-hybridized carbons (Fsp3) is 0. The SMILES string of the molecule is Nc1ccc2nc(Nc3cc(Cl)ccc3Br)oc2c1. The van der Waals surface area contributed by atoms with Crippen molar-refractivity contribution in [3.8, 4) is 0 Å². The van der Waals surface area contributed by atoms with Crippen LogP contribution in [0.4, 0.5) is 17.4 Å². The van der Waals surface area contributed by atoms with Gasteiger partial charge in [0.2, 0.25) is 0 Å². The van der Waals surface area contributed by atoms with E-state index in [0.29, 0.717) is 22.3 Å². The summed E-state index contributed by atoms with van der Waals surface area (Å²) < 4.78 is 6.46. The van der Waals surface area contributed by atoms with Crippen molar-refractivity contribution in [1.29, 1.82) is 0 Å². The van der Waals surface area contributed by atoms with Crippen molar-refractivity contribution in [2.24, 2.45) is 0 Å². The van der Waals surface area contributed by atoms with E-state index in [1.54, 1.807) is 24.3 Å². The molecule has 2 aromatic carbocycles. The van der Waals surface area contributed by atoms with Crippen molar-refractivity contribution in [3.63, 3.8) is 0 Å². The first-order chi connectivity index (χ1) is 9.11. The zero-order chi connectivity index (χ0) is 13.4. The van der Waals surface area contributed by atoms with E-state index < -0.39 is 0 Å². The number of oxazole rings is 1. The normalized spacial score (nSPS) is 10.8. The summed E-state index contributed by atoms with van der Waals surface area (Å²) in [7, 11) is 0. The van der Waals surface area contributed by atoms with Gasteiger partial charge < -0.3 is 15.5 Å². The van der Waals surface area contributed by atoms with Crippen LogP contribution in [0.5, 0.6) is 0 Å². The zero-order valence-corrected chi connectivity index (χ0v) is 12.0. The predicted molar refractivity (Wildman–Crippen MR) is 80.9 cm³/mol. The molecule has 1 aromatic heterocycles. The van der Waals surface area contributed by atoms with Gasteiger partial charge in [0.15, 0.2) is 5.58 Å². The average Bonchev–Trinajstić information content (AvgIpc) is 2.75. The second-order valence-electron chi connectivity index (χ2n) is 4.00. The van der Waals surface area contributed by atoms with Crippen LogP contribution in [0.2, 0.25) is 5.02 Å². The molecule has 3 N–H and O–H groups in total. The van der Waals surface area contributed by atoms with Crippen molar-refractivity contribution in [1.82, 2.24) is 4.98 Å². The molecule has 0 amide bonds. The van der Waals surface area contributed by atoms with Crippen molar-refractivity contribution in [2.45, 2.75) is 0 Å². The molecule has 0 aliphatic heterocycles. The van der Waals surface area contributed by atoms with E-state index in [2.05, 4.69) is 26.2 Å². The van der Waals surface area contributed by atoms with Gasteiger partial charge in [-0.3, -0.25) is 0 Å². The van der Waals surface area contributed by atoms with Gasteiger partial charge in [-0.1, -0.05) is 11.6 Å². The summed E-state index contributed by atoms with van der Waals surface area (Å²) in [5, 5.41) is 3.70. The number of rotatable bonds is 2. The number of halogens is 2. The highest BCUT2D eigenvalue weighted by molar-refractivity contribution is 9.10. The van der Waals surface area contributed by atoms with Gasteiger partial charge in [-0.15, -0.1) is 0 Å². The van der Waals surface area contributed by atoms with E-state index in [0.717, 1.165) is 15.7 Å². The molecular formula is C13H9BrClN3O. The third-order valence-corrected chi connectivity index (χ3v) is 3.51. The molecule has 6 heteroatoms. The Labute approximate surface area is 122 Å². The summed E-state index contributed by atoms with van der Waals surface area (Å²) in [5.74, 6) is 0. The molecular weight excluding hydrogens is 330 g/mol. The Morgan fingerprint density at radius 3 is 2.89 bits per heavy atom. The number of nitrogens with one attached hydrogen (secondary N) is 1. The first kappa shape index (κ1) is 12.3. The zero-order valence-electron chi connectivity index (χ0n) is 9.65. The quantitative estimate of drug-likeness (QED) is 0.672. The predicted octanol–water partition coefficient (Wildman–Crippen LogP) is 4.57. The Kier molecular flexibility index (Phi) is 3.08. The van der Waals surface area contributed by atoms with Crippen LogP contribution in [0.3, 0.4) is 0 Å². The van der Waals surface area contributed by atoms with Crippen LogP contribution in [-0.2, 0) is 0 Å². The fourth-order valence-corrected chi connectivity index (χ4v) is 2.22. The summed E-state index contributed by atoms with van der Waals surface area (Å²) in [6.45, 7) is 0. The highest BCUT2D eigenvalue weighted by Crippen LogP contribution is 2.30. The lowest BCUT2D eigenvalue weighted by Gasteiger charge is -2.04. The number of hydrogen-bond acceptors (Lipinski definition) is 4. The van der Waals surface area contributed by atoms with Crippen molar-refractivity contribution < 1.29 is 4.42 Å². The molecule has 0 bridgehead atoms. The summed E-state index contributed by atoms with van der Waals surface area (Å²) in [5.41, 5.74) is 8.50. The second-order valence-corrected chi connectivity index (χ2v) is 5.29. The highest BCUT2D eigenvalue weighted by Gasteiger charge is 2.08. The van der Waals surface area contributed by atoms with Crippen molar-refractivity contribution >= 4 is 56.0 Å². The molecule has 0 aliphatic rings. The Morgan fingerprint density at radius 2 is 2.05 bits per heavy atom. The summed E-state index contributed by atoms with van der Waals surface area (Å²) in [6.07, 6.45) is 0. The van der Waals surface area contributed by atoms with E-state index in [-0.39, 0.29) is 0 Å². The van der Waals surface area contributed by atoms with Crippen LogP contribution in [0.25, 0.3) is 11.1 Å². The summed E-state index contributed by atoms with van der Waals surface area (Å²) >= 11 is 9.39. The van der Waals surface area contributed by atoms with Crippen LogP contribution in [0, 0.1) is 0 Å². The van der Waals surface area contributed by atoms with Crippen LogP contribution in [0.15, 0.2) is 45.3 Å². The van der Waals surface area contributed by atoms with E-state index in [4.69, 9.17) is 21.8 Å². The Morgan fingerprint density at radius 1 is 1.21 bits per heavy atom. The van der Waals surface area contributed by atoms with Gasteiger partial charge in [0.05, 0.1) is 5.69 Å². The van der Waals surface area contributed by atoms with Crippen LogP contribution < -0.4 is 11.1 Å². The minimum absolute atomic E-state index is 0.392. The number of nitrogen functional groups attached to an aromatic ring is 1. The lowest BCUT2D eigenvalue weighted by Crippen LogP contribution is -1.91. The number of benzene rings is 2. The number of hydrogen-bond donors (Lipinski definition) is 2. The smallest absolute Gasteiger partial charge is 0.300 e. The highest BCUT2D eigenvalue weighted by atomic mass is 79.9. The average molecular weight is 339 g/mol. The third-order valence-electron chi connectivity index (χ3n) is 2.58. The summed E-state index contributed by atoms with van der Waals surface area (Å²) in [6, 6.07) is 11.2. The molecule has 0 spiro atoms. The molecule has 0 saturated carbocycles. The van der Waals surface area contributed by atoms with Gasteiger partial charge in [-0.2, -0.15) is 4.98 Å². The molecule has 0 unspecified atom stereocenters. The standard InChI is InChI=1S/C13H9BrClN3O/c14-9-3-1-7(15)5-11(9)18-13-17-10-4-2-8(16)6-12(10)19-13/h1-6H,16H2,(H,17,18). The lowest BCUT2D eigenvalue weighted by molar-refractivity contribution is 0.623. The number of aromatic nitrogens is 1. The number of nitrogens with two attached hydrogens (primary N) is 1. The van der Waals surface area contributed by atoms with Crippen LogP contribution in [0.1, 0.15) is 0 Å². The number of anilines is 3. The lowest BCUT2D eigenvalue weighted by atomic mass is 10.3. The van der Waals surface area contributed by atoms with Gasteiger partial charge >= 0.3 is 0 Å². The molecule has 0 saturated heterocycles. The van der Waals surface area contributed by atoms with E-state index in [1.807, 2.05) is 12.1 Å². The first-order valence-electron chi connectivity index (χ1n) is 5.50. The Balaban J connectivity index is 1.98. The summed E-state index contributed by atoms with van der Waals surface area (Å²) in [4.78, 5) is 4.32. The molecule has 0 fully saturated rings. The first-order valence-corrected chi connectivity index (χ1v) is 6.67. The van der Waals surface area contributed by atoms with Crippen LogP contribution >= 0.6 is 27.5 Å². The van der Waals surface area contributed by atoms with Gasteiger partial charge in [-0.05, 0) is 46.3 Å². The molecule has 96 valence electrons. The van der Waals surface area contributed by atoms with E-state index >= 15 is 0 Å². The Bertz CT molecular complexity index is 757. The number of nitrogens with zero attached hydrogens (tertiary/aromatic N) is 1. The van der Waals surface area contributed by atoms with Gasteiger partial charge in [0, 0.05) is 21.2 Å². The largest absolute Gasteiger partial charge is 0.423 e. The molecule has 0 radical (unpaired) electrons. The molecule has 1 heterocycles. The second kappa shape index (κ2) is 4.75. The van der Waals surface area contributed by atoms with Gasteiger partial charge in [0.1, 0.15) is 5.52 Å². The monoisotopic (exact) mass is 337 g/mol. The maximum Gasteiger partial charge on any atom is 0.300 e. The molecule has 0 atom stereocenters. The Hall–Kier alpha value is -1.72. The topological polar surface area (TPSA) is 64.1 Å². The van der Waals surface area contributed by atoms with Crippen molar-refractivity contribution in [3.05, 3.63) is 45.9 Å². The molecule has 3 rings (SSSR count). The minimum Gasteiger partial charge on any atom is -0.423 e. The van der Waals surface area contributed by atoms with Crippen molar-refractivity contribution in [2.75, 3.05) is 11.1 Å². The number of fused-ring (bicyclic) bond motifs is 1. The molecule has 0 aliphatic carbocycles. The molecule has 3 aromatic rings. The maximum absolute atomic E-state index is 5.95. The maximum atomic E-state index is 5.95. The molecule has 19 heavy (non-hydrogen) atoms. The van der Waals surface area contributed by atoms with Gasteiger partial charge in [-0.25, -0.2) is 0 Å². The van der Waals surface area contributed by atoms with Crippen LogP contribution in [-0.4, -0.2) is 4.98 Å². The fourth-order valence-electron chi connectivity index (χ4n) is 1.70.